The third-order valence-corrected chi connectivity index (χ3v) is 2.57. The van der Waals surface area contributed by atoms with Gasteiger partial charge in [0.15, 0.2) is 0 Å². The SMILES string of the molecule is CCCCn1c[n+](C)c(C(=O)O)c1C(=O)O.O=C([O-])C(F)(F)F. The number of hydrogen-bond donors (Lipinski definition) is 2. The van der Waals surface area contributed by atoms with Gasteiger partial charge >= 0.3 is 18.1 Å². The second-order valence-corrected chi connectivity index (χ2v) is 4.37. The average Bonchev–Trinajstić information content (AvgIpc) is 2.72. The maximum absolute atomic E-state index is 11.0. The van der Waals surface area contributed by atoms with Crippen LogP contribution in [0.15, 0.2) is 6.33 Å². The number of nitrogens with zero attached hydrogens (tertiary/aromatic N) is 2. The summed E-state index contributed by atoms with van der Waals surface area (Å²) in [5.74, 6) is -5.45. The summed E-state index contributed by atoms with van der Waals surface area (Å²) in [4.78, 5) is 30.7. The number of carboxylic acids is 3. The number of aromatic nitrogens is 2. The van der Waals surface area contributed by atoms with Crippen LogP contribution >= 0.6 is 0 Å². The van der Waals surface area contributed by atoms with Crippen molar-refractivity contribution >= 4 is 17.9 Å². The number of halogens is 3. The van der Waals surface area contributed by atoms with E-state index in [1.807, 2.05) is 6.92 Å². The molecule has 130 valence electrons. The zero-order chi connectivity index (χ0) is 18.4. The lowest BCUT2D eigenvalue weighted by Gasteiger charge is -2.03. The molecule has 1 aromatic rings. The van der Waals surface area contributed by atoms with E-state index in [4.69, 9.17) is 20.1 Å². The van der Waals surface area contributed by atoms with Gasteiger partial charge in [0.1, 0.15) is 5.97 Å². The smallest absolute Gasteiger partial charge is 0.430 e. The molecule has 0 saturated carbocycles. The Balaban J connectivity index is 0.000000585. The van der Waals surface area contributed by atoms with Crippen molar-refractivity contribution in [2.45, 2.75) is 32.5 Å². The molecular weight excluding hydrogens is 325 g/mol. The molecule has 0 unspecified atom stereocenters. The van der Waals surface area contributed by atoms with Crippen LogP contribution in [-0.4, -0.2) is 38.9 Å². The third-order valence-electron chi connectivity index (χ3n) is 2.57. The summed E-state index contributed by atoms with van der Waals surface area (Å²) < 4.78 is 34.3. The number of imidazole rings is 1. The number of aromatic carboxylic acids is 2. The topological polar surface area (TPSA) is 124 Å². The minimum Gasteiger partial charge on any atom is -0.542 e. The van der Waals surface area contributed by atoms with E-state index in [1.54, 1.807) is 0 Å². The van der Waals surface area contributed by atoms with Gasteiger partial charge in [0, 0.05) is 0 Å². The number of carboxylic acid groups (broad SMARTS) is 3. The lowest BCUT2D eigenvalue weighted by atomic mass is 10.3. The van der Waals surface area contributed by atoms with E-state index in [-0.39, 0.29) is 11.4 Å². The van der Waals surface area contributed by atoms with Gasteiger partial charge in [-0.3, -0.25) is 0 Å². The Bertz CT molecular complexity index is 594. The van der Waals surface area contributed by atoms with E-state index in [1.165, 1.54) is 22.5 Å². The Morgan fingerprint density at radius 3 is 2.04 bits per heavy atom. The van der Waals surface area contributed by atoms with Crippen molar-refractivity contribution in [1.82, 2.24) is 4.57 Å². The minimum absolute atomic E-state index is 0.163. The molecule has 0 atom stereocenters. The van der Waals surface area contributed by atoms with E-state index in [9.17, 15) is 22.8 Å². The molecule has 2 N–H and O–H groups in total. The minimum atomic E-state index is -5.19. The first-order valence-corrected chi connectivity index (χ1v) is 6.26. The number of hydrogen-bond acceptors (Lipinski definition) is 4. The molecule has 0 aromatic carbocycles. The number of carbonyl (C=O) groups excluding carboxylic acids is 1. The Morgan fingerprint density at radius 2 is 1.74 bits per heavy atom. The van der Waals surface area contributed by atoms with Gasteiger partial charge in [-0.1, -0.05) is 13.3 Å². The van der Waals surface area contributed by atoms with E-state index < -0.39 is 24.1 Å². The molecule has 1 heterocycles. The highest BCUT2D eigenvalue weighted by Crippen LogP contribution is 2.11. The first-order chi connectivity index (χ1) is 10.4. The molecule has 1 aromatic heterocycles. The maximum Gasteiger partial charge on any atom is 0.430 e. The molecule has 0 aliphatic heterocycles. The molecule has 1 rings (SSSR count). The van der Waals surface area contributed by atoms with Gasteiger partial charge < -0.3 is 20.1 Å². The van der Waals surface area contributed by atoms with Crippen LogP contribution in [0.1, 0.15) is 40.7 Å². The predicted molar refractivity (Wildman–Crippen MR) is 65.5 cm³/mol. The molecule has 0 aliphatic carbocycles. The molecule has 0 spiro atoms. The van der Waals surface area contributed by atoms with Crippen molar-refractivity contribution in [3.8, 4) is 0 Å². The van der Waals surface area contributed by atoms with Crippen LogP contribution in [0.5, 0.6) is 0 Å². The van der Waals surface area contributed by atoms with E-state index in [0.29, 0.717) is 6.54 Å². The van der Waals surface area contributed by atoms with Crippen molar-refractivity contribution in [1.29, 1.82) is 0 Å². The summed E-state index contributed by atoms with van der Waals surface area (Å²) in [5, 5.41) is 26.7. The fourth-order valence-electron chi connectivity index (χ4n) is 1.60. The van der Waals surface area contributed by atoms with Crippen LogP contribution in [0.4, 0.5) is 13.2 Å². The predicted octanol–water partition coefficient (Wildman–Crippen LogP) is -0.192. The van der Waals surface area contributed by atoms with Crippen molar-refractivity contribution in [2.75, 3.05) is 0 Å². The van der Waals surface area contributed by atoms with Gasteiger partial charge in [-0.05, 0) is 6.42 Å². The Morgan fingerprint density at radius 1 is 1.26 bits per heavy atom. The molecule has 0 fully saturated rings. The summed E-state index contributed by atoms with van der Waals surface area (Å²) >= 11 is 0. The van der Waals surface area contributed by atoms with E-state index >= 15 is 0 Å². The van der Waals surface area contributed by atoms with Gasteiger partial charge in [0.25, 0.3) is 11.4 Å². The van der Waals surface area contributed by atoms with Gasteiger partial charge in [-0.25, -0.2) is 18.7 Å². The number of unbranched alkanes of at least 4 members (excludes halogenated alkanes) is 1. The summed E-state index contributed by atoms with van der Waals surface area (Å²) in [6.45, 7) is 2.50. The van der Waals surface area contributed by atoms with Crippen LogP contribution in [0.2, 0.25) is 0 Å². The van der Waals surface area contributed by atoms with Crippen LogP contribution in [0, 0.1) is 0 Å². The fourth-order valence-corrected chi connectivity index (χ4v) is 1.60. The van der Waals surface area contributed by atoms with E-state index in [0.717, 1.165) is 12.8 Å². The summed E-state index contributed by atoms with van der Waals surface area (Å²) in [6.07, 6.45) is -1.96. The van der Waals surface area contributed by atoms with Gasteiger partial charge in [0.2, 0.25) is 6.33 Å². The quantitative estimate of drug-likeness (QED) is 0.716. The van der Waals surface area contributed by atoms with Crippen LogP contribution < -0.4 is 9.67 Å². The summed E-state index contributed by atoms with van der Waals surface area (Å²) in [7, 11) is 1.53. The van der Waals surface area contributed by atoms with Crippen LogP contribution in [-0.2, 0) is 18.4 Å². The van der Waals surface area contributed by atoms with E-state index in [2.05, 4.69) is 0 Å². The fraction of sp³-hybridized carbons (Fsp3) is 0.500. The second kappa shape index (κ2) is 8.15. The Hall–Kier alpha value is -2.59. The van der Waals surface area contributed by atoms with Crippen LogP contribution in [0.25, 0.3) is 0 Å². The summed E-state index contributed by atoms with van der Waals surface area (Å²) in [6, 6.07) is 0. The number of alkyl halides is 3. The number of aryl methyl sites for hydroxylation is 2. The highest BCUT2D eigenvalue weighted by atomic mass is 19.4. The molecule has 8 nitrogen and oxygen atoms in total. The lowest BCUT2D eigenvalue weighted by Crippen LogP contribution is -2.37. The molecule has 0 amide bonds. The van der Waals surface area contributed by atoms with Crippen LogP contribution in [0.3, 0.4) is 0 Å². The normalized spacial score (nSPS) is 10.7. The number of aliphatic carboxylic acids is 1. The molecule has 0 radical (unpaired) electrons. The van der Waals surface area contributed by atoms with Crippen molar-refractivity contribution in [2.24, 2.45) is 7.05 Å². The zero-order valence-electron chi connectivity index (χ0n) is 12.3. The monoisotopic (exact) mass is 340 g/mol. The molecule has 0 saturated heterocycles. The molecule has 11 heteroatoms. The second-order valence-electron chi connectivity index (χ2n) is 4.37. The highest BCUT2D eigenvalue weighted by molar-refractivity contribution is 5.97. The number of carbonyl (C=O) groups is 3. The zero-order valence-corrected chi connectivity index (χ0v) is 12.3. The van der Waals surface area contributed by atoms with Gasteiger partial charge in [-0.2, -0.15) is 13.2 Å². The highest BCUT2D eigenvalue weighted by Gasteiger charge is 2.32. The largest absolute Gasteiger partial charge is 0.542 e. The standard InChI is InChI=1S/C10H14N2O4.C2HF3O2/c1-3-4-5-12-6-11(2)7(9(13)14)8(12)10(15)16;3-2(4,5)1(6)7/h6H,3-5H2,1-2H3,(H-,13,14,15,16);(H,6,7). The first-order valence-electron chi connectivity index (χ1n) is 6.26. The average molecular weight is 340 g/mol. The molecule has 0 bridgehead atoms. The maximum atomic E-state index is 11.0. The van der Waals surface area contributed by atoms with Gasteiger partial charge in [0.05, 0.1) is 13.6 Å². The third kappa shape index (κ3) is 5.96. The number of rotatable bonds is 5. The van der Waals surface area contributed by atoms with Crippen molar-refractivity contribution in [3.05, 3.63) is 17.7 Å². The first kappa shape index (κ1) is 20.4. The van der Waals surface area contributed by atoms with Crippen molar-refractivity contribution in [3.63, 3.8) is 0 Å². The Kier molecular flexibility index (Phi) is 7.23. The molecular formula is C12H15F3N2O6. The lowest BCUT2D eigenvalue weighted by molar-refractivity contribution is -0.673. The summed E-state index contributed by atoms with van der Waals surface area (Å²) in [5.41, 5.74) is -0.355. The van der Waals surface area contributed by atoms with Gasteiger partial charge in [-0.15, -0.1) is 0 Å². The van der Waals surface area contributed by atoms with Crippen molar-refractivity contribution < 1.29 is 47.4 Å². The Labute approximate surface area is 128 Å². The molecule has 0 aliphatic rings. The molecule has 23 heavy (non-hydrogen) atoms.